The molecule has 0 saturated heterocycles. The summed E-state index contributed by atoms with van der Waals surface area (Å²) in [4.78, 5) is 13.7. The van der Waals surface area contributed by atoms with Gasteiger partial charge in [0.15, 0.2) is 7.83 Å². The molecule has 200 valence electrons. The molecule has 0 fully saturated rings. The van der Waals surface area contributed by atoms with E-state index in [1.165, 1.54) is 9.75 Å². The van der Waals surface area contributed by atoms with Crippen LogP contribution in [0, 0.1) is 11.8 Å². The lowest BCUT2D eigenvalue weighted by Gasteiger charge is -2.06. The van der Waals surface area contributed by atoms with Gasteiger partial charge in [-0.1, -0.05) is 50.3 Å². The van der Waals surface area contributed by atoms with Crippen LogP contribution in [0.5, 0.6) is 11.5 Å². The van der Waals surface area contributed by atoms with Crippen molar-refractivity contribution in [2.75, 3.05) is 12.0 Å². The van der Waals surface area contributed by atoms with E-state index in [0.29, 0.717) is 11.8 Å². The van der Waals surface area contributed by atoms with Crippen LogP contribution in [0.3, 0.4) is 0 Å². The van der Waals surface area contributed by atoms with Crippen LogP contribution in [-0.2, 0) is 12.8 Å². The number of ether oxygens (including phenoxy) is 1. The normalized spacial score (nSPS) is 10.6. The molecule has 37 heavy (non-hydrogen) atoms. The molecule has 0 saturated carbocycles. The number of aromatic nitrogens is 2. The van der Waals surface area contributed by atoms with Crippen molar-refractivity contribution < 1.29 is 9.84 Å². The summed E-state index contributed by atoms with van der Waals surface area (Å²) in [5.41, 5.74) is 4.31. The average molecular weight is 780 g/mol. The van der Waals surface area contributed by atoms with Gasteiger partial charge in [-0.05, 0) is 110 Å². The third-order valence-electron chi connectivity index (χ3n) is 5.03. The molecule has 2 aromatic carbocycles. The van der Waals surface area contributed by atoms with Crippen LogP contribution in [0.4, 0.5) is 0 Å². The minimum Gasteiger partial charge on any atom is -0.508 e. The largest absolute Gasteiger partial charge is 0.508 e. The number of halogens is 3. The van der Waals surface area contributed by atoms with Gasteiger partial charge in [-0.25, -0.2) is 9.97 Å². The van der Waals surface area contributed by atoms with Crippen molar-refractivity contribution in [2.45, 2.75) is 40.5 Å². The van der Waals surface area contributed by atoms with Crippen LogP contribution >= 0.6 is 77.1 Å². The molecule has 4 nitrogen and oxygen atoms in total. The van der Waals surface area contributed by atoms with Crippen LogP contribution in [0.2, 0.25) is 0 Å². The Morgan fingerprint density at radius 1 is 0.757 bits per heavy atom. The Labute approximate surface area is 259 Å². The Morgan fingerprint density at radius 3 is 1.49 bits per heavy atom. The van der Waals surface area contributed by atoms with Crippen LogP contribution < -0.4 is 4.74 Å². The smallest absolute Gasteiger partial charge is 0.160 e. The molecule has 1 N–H and O–H groups in total. The van der Waals surface area contributed by atoms with E-state index < -0.39 is 0 Å². The van der Waals surface area contributed by atoms with Crippen LogP contribution in [0.1, 0.15) is 37.4 Å². The van der Waals surface area contributed by atoms with Gasteiger partial charge >= 0.3 is 0 Å². The molecule has 0 unspecified atom stereocenters. The molecule has 0 aliphatic heterocycles. The van der Waals surface area contributed by atoms with Gasteiger partial charge in [-0.15, -0.1) is 22.7 Å². The first kappa shape index (κ1) is 32.2. The minimum atomic E-state index is 0.286. The van der Waals surface area contributed by atoms with E-state index in [4.69, 9.17) is 4.74 Å². The molecule has 0 amide bonds. The van der Waals surface area contributed by atoms with Crippen molar-refractivity contribution in [2.24, 2.45) is 11.8 Å². The highest BCUT2D eigenvalue weighted by molar-refractivity contribution is 14.1. The number of alkyl halides is 1. The number of methoxy groups -OCH3 is 1. The maximum atomic E-state index is 9.30. The molecule has 4 aromatic rings. The molecule has 2 heterocycles. The molecule has 0 radical (unpaired) electrons. The molecule has 9 heteroatoms. The summed E-state index contributed by atoms with van der Waals surface area (Å²) in [7, 11) is 1.68. The highest BCUT2D eigenvalue weighted by Crippen LogP contribution is 2.34. The zero-order valence-electron chi connectivity index (χ0n) is 21.9. The molecule has 0 aliphatic rings. The minimum absolute atomic E-state index is 0.286. The van der Waals surface area contributed by atoms with E-state index in [1.54, 1.807) is 41.9 Å². The highest BCUT2D eigenvalue weighted by atomic mass is 127. The first-order valence-corrected chi connectivity index (χ1v) is 17.2. The number of thiazole rings is 2. The summed E-state index contributed by atoms with van der Waals surface area (Å²) >= 11 is 12.5. The zero-order chi connectivity index (χ0) is 27.5. The molecule has 0 spiro atoms. The van der Waals surface area contributed by atoms with Crippen molar-refractivity contribution in [3.63, 3.8) is 0 Å². The fourth-order valence-corrected chi connectivity index (χ4v) is 7.04. The van der Waals surface area contributed by atoms with Gasteiger partial charge in [0.1, 0.15) is 11.5 Å². The Bertz CT molecular complexity index is 1220. The zero-order valence-corrected chi connectivity index (χ0v) is 28.9. The second-order valence-electron chi connectivity index (χ2n) is 8.95. The van der Waals surface area contributed by atoms with Gasteiger partial charge < -0.3 is 9.84 Å². The van der Waals surface area contributed by atoms with E-state index in [1.807, 2.05) is 29.2 Å². The van der Waals surface area contributed by atoms with Crippen LogP contribution in [0.25, 0.3) is 22.5 Å². The van der Waals surface area contributed by atoms with E-state index in [0.717, 1.165) is 48.9 Å². The van der Waals surface area contributed by atoms with E-state index >= 15 is 0 Å². The number of aromatic hydroxyl groups is 1. The van der Waals surface area contributed by atoms with Crippen molar-refractivity contribution in [3.05, 3.63) is 66.1 Å². The number of nitrogens with zero attached hydrogens (tertiary/aromatic N) is 2. The number of rotatable bonds is 7. The predicted octanol–water partition coefficient (Wildman–Crippen LogP) is 10.3. The van der Waals surface area contributed by atoms with Gasteiger partial charge in [0, 0.05) is 20.9 Å². The molecular formula is C28H33Br2IN2O2S2. The van der Waals surface area contributed by atoms with Gasteiger partial charge in [-0.3, -0.25) is 0 Å². The number of benzene rings is 2. The third kappa shape index (κ3) is 10.2. The quantitative estimate of drug-likeness (QED) is 0.150. The summed E-state index contributed by atoms with van der Waals surface area (Å²) in [6, 6.07) is 15.3. The fraction of sp³-hybridized carbons (Fsp3) is 0.357. The lowest BCUT2D eigenvalue weighted by Crippen LogP contribution is -1.93. The summed E-state index contributed by atoms with van der Waals surface area (Å²) in [6.07, 6.45) is 2.09. The molecule has 0 bridgehead atoms. The topological polar surface area (TPSA) is 55.2 Å². The predicted molar refractivity (Wildman–Crippen MR) is 176 cm³/mol. The lowest BCUT2D eigenvalue weighted by molar-refractivity contribution is 0.415. The van der Waals surface area contributed by atoms with Crippen molar-refractivity contribution in [3.8, 4) is 34.0 Å². The summed E-state index contributed by atoms with van der Waals surface area (Å²) in [6.45, 7) is 8.86. The maximum absolute atomic E-state index is 9.30. The van der Waals surface area contributed by atoms with Gasteiger partial charge in [0.25, 0.3) is 0 Å². The summed E-state index contributed by atoms with van der Waals surface area (Å²) in [5.74, 6) is 2.40. The van der Waals surface area contributed by atoms with Gasteiger partial charge in [-0.2, -0.15) is 0 Å². The van der Waals surface area contributed by atoms with Gasteiger partial charge in [0.2, 0.25) is 0 Å². The van der Waals surface area contributed by atoms with Crippen molar-refractivity contribution in [1.82, 2.24) is 9.97 Å². The van der Waals surface area contributed by atoms with Gasteiger partial charge in [0.05, 0.1) is 18.5 Å². The second-order valence-corrected chi connectivity index (χ2v) is 13.7. The fourth-order valence-electron chi connectivity index (χ4n) is 3.48. The SMILES string of the molecule is CC(C)Cc1sc(Br)nc1-c1ccc(O)cc1.CI.COc1ccc(-c2nc(Br)sc2CC(C)C)cc1. The average Bonchev–Trinajstić information content (AvgIpc) is 3.41. The Balaban J connectivity index is 0.000000244. The summed E-state index contributed by atoms with van der Waals surface area (Å²) in [5, 5.41) is 9.30. The number of hydrogen-bond acceptors (Lipinski definition) is 6. The van der Waals surface area contributed by atoms with Crippen LogP contribution in [-0.4, -0.2) is 27.1 Å². The molecule has 0 atom stereocenters. The Morgan fingerprint density at radius 2 is 1.14 bits per heavy atom. The Kier molecular flexibility index (Phi) is 14.1. The van der Waals surface area contributed by atoms with E-state index in [2.05, 4.69) is 104 Å². The van der Waals surface area contributed by atoms with Crippen LogP contribution in [0.15, 0.2) is 56.4 Å². The van der Waals surface area contributed by atoms with E-state index in [9.17, 15) is 5.11 Å². The highest BCUT2D eigenvalue weighted by Gasteiger charge is 2.14. The Hall–Kier alpha value is -1.01. The lowest BCUT2D eigenvalue weighted by atomic mass is 10.0. The molecule has 2 aromatic heterocycles. The third-order valence-corrected chi connectivity index (χ3v) is 8.09. The van der Waals surface area contributed by atoms with Crippen molar-refractivity contribution in [1.29, 1.82) is 0 Å². The first-order valence-electron chi connectivity index (χ1n) is 11.8. The molecule has 0 aliphatic carbocycles. The molecule has 4 rings (SSSR count). The number of phenols is 1. The second kappa shape index (κ2) is 16.2. The number of phenolic OH excluding ortho intramolecular Hbond substituents is 1. The summed E-state index contributed by atoms with van der Waals surface area (Å²) < 4.78 is 7.04. The monoisotopic (exact) mass is 778 g/mol. The first-order chi connectivity index (χ1) is 17.7. The molecular weight excluding hydrogens is 747 g/mol. The van der Waals surface area contributed by atoms with Crippen molar-refractivity contribution >= 4 is 77.1 Å². The standard InChI is InChI=1S/C14H16BrNOS.C13H14BrNOS.CH3I/c1-9(2)8-12-13(16-14(15)18-12)10-4-6-11(17-3)7-5-10;1-8(2)7-11-12(15-13(14)17-11)9-3-5-10(16)6-4-9;1-2/h4-7,9H,8H2,1-3H3;3-6,8,16H,7H2,1-2H3;1H3. The maximum Gasteiger partial charge on any atom is 0.160 e. The number of hydrogen-bond donors (Lipinski definition) is 1. The van der Waals surface area contributed by atoms with E-state index in [-0.39, 0.29) is 5.75 Å².